The lowest BCUT2D eigenvalue weighted by Gasteiger charge is -2.19. The number of aromatic amines is 1. The van der Waals surface area contributed by atoms with E-state index in [0.29, 0.717) is 29.0 Å². The zero-order valence-corrected chi connectivity index (χ0v) is 20.5. The molecule has 0 fully saturated rings. The number of hydrogen-bond donors (Lipinski definition) is 1. The number of imidazole rings is 1. The number of ether oxygens (including phenoxy) is 2. The minimum absolute atomic E-state index is 0.184. The summed E-state index contributed by atoms with van der Waals surface area (Å²) in [5.74, 6) is -0.249. The van der Waals surface area contributed by atoms with E-state index in [1.807, 2.05) is 0 Å². The second kappa shape index (κ2) is 9.49. The van der Waals surface area contributed by atoms with Gasteiger partial charge in [0.25, 0.3) is 5.88 Å². The molecule has 3 aromatic heterocycles. The van der Waals surface area contributed by atoms with Crippen molar-refractivity contribution in [2.45, 2.75) is 19.9 Å². The van der Waals surface area contributed by atoms with E-state index in [1.165, 1.54) is 23.9 Å². The van der Waals surface area contributed by atoms with Crippen molar-refractivity contribution in [1.29, 1.82) is 0 Å². The van der Waals surface area contributed by atoms with Crippen LogP contribution in [0.2, 0.25) is 0 Å². The first-order valence-electron chi connectivity index (χ1n) is 10.8. The molecule has 0 saturated heterocycles. The van der Waals surface area contributed by atoms with Crippen LogP contribution in [0.1, 0.15) is 24.2 Å². The van der Waals surface area contributed by atoms with E-state index in [1.54, 1.807) is 44.2 Å². The van der Waals surface area contributed by atoms with Gasteiger partial charge in [-0.3, -0.25) is 4.57 Å². The fraction of sp³-hybridized carbons (Fsp3) is 0.292. The van der Waals surface area contributed by atoms with Crippen LogP contribution in [0.25, 0.3) is 22.3 Å². The quantitative estimate of drug-likeness (QED) is 0.395. The zero-order valence-electron chi connectivity index (χ0n) is 19.7. The molecule has 1 atom stereocenters. The van der Waals surface area contributed by atoms with Gasteiger partial charge >= 0.3 is 5.69 Å². The average molecular weight is 501 g/mol. The van der Waals surface area contributed by atoms with E-state index in [9.17, 15) is 17.6 Å². The van der Waals surface area contributed by atoms with Crippen LogP contribution in [0.4, 0.5) is 4.39 Å². The molecule has 3 heterocycles. The molecule has 1 aromatic carbocycles. The monoisotopic (exact) mass is 500 g/mol. The van der Waals surface area contributed by atoms with E-state index < -0.39 is 33.1 Å². The molecular weight excluding hydrogens is 475 g/mol. The molecule has 0 aliphatic rings. The molecule has 1 unspecified atom stereocenters. The van der Waals surface area contributed by atoms with Crippen LogP contribution in [0.15, 0.2) is 47.4 Å². The number of sulfone groups is 1. The van der Waals surface area contributed by atoms with Gasteiger partial charge in [0.1, 0.15) is 15.7 Å². The Morgan fingerprint density at radius 1 is 1.20 bits per heavy atom. The van der Waals surface area contributed by atoms with Gasteiger partial charge in [0.2, 0.25) is 0 Å². The minimum Gasteiger partial charge on any atom is -0.491 e. The number of nitrogens with one attached hydrogen (secondary N) is 1. The Hall–Kier alpha value is -3.73. The molecule has 0 spiro atoms. The predicted molar refractivity (Wildman–Crippen MR) is 130 cm³/mol. The summed E-state index contributed by atoms with van der Waals surface area (Å²) >= 11 is 0. The van der Waals surface area contributed by atoms with Gasteiger partial charge in [0.05, 0.1) is 36.7 Å². The summed E-state index contributed by atoms with van der Waals surface area (Å²) < 4.78 is 51.2. The number of methoxy groups -OCH3 is 1. The number of halogens is 1. The summed E-state index contributed by atoms with van der Waals surface area (Å²) in [7, 11) is -2.08. The first-order valence-corrected chi connectivity index (χ1v) is 12.9. The van der Waals surface area contributed by atoms with Gasteiger partial charge in [-0.2, -0.15) is 0 Å². The standard InChI is InChI=1S/C24H25FN4O5S/c1-5-34-23-21(33-3)9-8-18(27-23)20(13-35(4,31)32)29-22-19(28-24(29)30)11-15(12-26-22)16-7-6-14(2)10-17(16)25/h6-12,20H,5,13H2,1-4H3,(H,28,30). The Labute approximate surface area is 201 Å². The molecule has 11 heteroatoms. The summed E-state index contributed by atoms with van der Waals surface area (Å²) in [5, 5.41) is 0. The first kappa shape index (κ1) is 24.4. The van der Waals surface area contributed by atoms with E-state index in [0.717, 1.165) is 11.8 Å². The molecule has 0 aliphatic carbocycles. The highest BCUT2D eigenvalue weighted by Gasteiger charge is 2.27. The maximum atomic E-state index is 14.5. The van der Waals surface area contributed by atoms with E-state index in [-0.39, 0.29) is 17.2 Å². The smallest absolute Gasteiger partial charge is 0.328 e. The van der Waals surface area contributed by atoms with Crippen molar-refractivity contribution in [3.8, 4) is 22.8 Å². The highest BCUT2D eigenvalue weighted by atomic mass is 32.2. The fourth-order valence-corrected chi connectivity index (χ4v) is 4.80. The molecule has 0 aliphatic heterocycles. The van der Waals surface area contributed by atoms with Crippen molar-refractivity contribution < 1.29 is 22.3 Å². The Kier molecular flexibility index (Phi) is 6.62. The van der Waals surface area contributed by atoms with E-state index in [4.69, 9.17) is 9.47 Å². The van der Waals surface area contributed by atoms with Crippen LogP contribution in [0, 0.1) is 12.7 Å². The normalized spacial score (nSPS) is 12.6. The summed E-state index contributed by atoms with van der Waals surface area (Å²) in [6.45, 7) is 3.89. The molecular formula is C24H25FN4O5S. The zero-order chi connectivity index (χ0) is 25.3. The highest BCUT2D eigenvalue weighted by molar-refractivity contribution is 7.90. The highest BCUT2D eigenvalue weighted by Crippen LogP contribution is 2.30. The largest absolute Gasteiger partial charge is 0.491 e. The first-order chi connectivity index (χ1) is 16.6. The number of nitrogens with zero attached hydrogens (tertiary/aromatic N) is 3. The van der Waals surface area contributed by atoms with E-state index >= 15 is 0 Å². The van der Waals surface area contributed by atoms with Crippen molar-refractivity contribution >= 4 is 21.0 Å². The second-order valence-electron chi connectivity index (χ2n) is 8.16. The number of hydrogen-bond acceptors (Lipinski definition) is 7. The second-order valence-corrected chi connectivity index (χ2v) is 10.3. The van der Waals surface area contributed by atoms with Crippen LogP contribution in [0.3, 0.4) is 0 Å². The van der Waals surface area contributed by atoms with Crippen LogP contribution < -0.4 is 15.2 Å². The lowest BCUT2D eigenvalue weighted by molar-refractivity contribution is 0.296. The Morgan fingerprint density at radius 3 is 2.63 bits per heavy atom. The summed E-state index contributed by atoms with van der Waals surface area (Å²) in [6, 6.07) is 8.65. The number of aryl methyl sites for hydroxylation is 1. The molecule has 0 amide bonds. The Balaban J connectivity index is 1.88. The van der Waals surface area contributed by atoms with Gasteiger partial charge in [-0.15, -0.1) is 0 Å². The van der Waals surface area contributed by atoms with Crippen LogP contribution in [-0.4, -0.2) is 53.7 Å². The topological polar surface area (TPSA) is 116 Å². The Bertz CT molecular complexity index is 1560. The van der Waals surface area contributed by atoms with Crippen molar-refractivity contribution in [3.05, 3.63) is 70.2 Å². The number of benzene rings is 1. The third-order valence-corrected chi connectivity index (χ3v) is 6.37. The number of fused-ring (bicyclic) bond motifs is 1. The number of H-pyrrole nitrogens is 1. The summed E-state index contributed by atoms with van der Waals surface area (Å²) in [4.78, 5) is 24.6. The van der Waals surface area contributed by atoms with Crippen LogP contribution in [0.5, 0.6) is 11.6 Å². The third-order valence-electron chi connectivity index (χ3n) is 5.45. The number of rotatable bonds is 8. The van der Waals surface area contributed by atoms with Crippen molar-refractivity contribution in [2.24, 2.45) is 0 Å². The number of pyridine rings is 2. The molecule has 35 heavy (non-hydrogen) atoms. The van der Waals surface area contributed by atoms with Crippen LogP contribution in [-0.2, 0) is 9.84 Å². The molecule has 184 valence electrons. The van der Waals surface area contributed by atoms with E-state index in [2.05, 4.69) is 15.0 Å². The maximum Gasteiger partial charge on any atom is 0.328 e. The number of aromatic nitrogens is 4. The van der Waals surface area contributed by atoms with Gasteiger partial charge < -0.3 is 14.5 Å². The molecule has 9 nitrogen and oxygen atoms in total. The van der Waals surface area contributed by atoms with Gasteiger partial charge in [-0.1, -0.05) is 12.1 Å². The third kappa shape index (κ3) is 5.04. The molecule has 0 bridgehead atoms. The van der Waals surface area contributed by atoms with Gasteiger partial charge in [0.15, 0.2) is 11.4 Å². The minimum atomic E-state index is -3.55. The molecule has 0 radical (unpaired) electrons. The van der Waals surface area contributed by atoms with Crippen LogP contribution >= 0.6 is 0 Å². The van der Waals surface area contributed by atoms with Gasteiger partial charge in [-0.05, 0) is 43.7 Å². The van der Waals surface area contributed by atoms with Crippen molar-refractivity contribution in [2.75, 3.05) is 25.7 Å². The fourth-order valence-electron chi connectivity index (χ4n) is 3.91. The molecule has 1 N–H and O–H groups in total. The van der Waals surface area contributed by atoms with Gasteiger partial charge in [-0.25, -0.2) is 27.6 Å². The van der Waals surface area contributed by atoms with Gasteiger partial charge in [0, 0.05) is 23.6 Å². The lowest BCUT2D eigenvalue weighted by Crippen LogP contribution is -2.29. The maximum absolute atomic E-state index is 14.5. The molecule has 0 saturated carbocycles. The lowest BCUT2D eigenvalue weighted by atomic mass is 10.1. The Morgan fingerprint density at radius 2 is 1.97 bits per heavy atom. The molecule has 4 aromatic rings. The van der Waals surface area contributed by atoms with Crippen molar-refractivity contribution in [1.82, 2.24) is 19.5 Å². The average Bonchev–Trinajstić information content (AvgIpc) is 3.11. The predicted octanol–water partition coefficient (Wildman–Crippen LogP) is 3.28. The summed E-state index contributed by atoms with van der Waals surface area (Å²) in [6.07, 6.45) is 2.53. The molecule has 4 rings (SSSR count). The van der Waals surface area contributed by atoms with Crippen molar-refractivity contribution in [3.63, 3.8) is 0 Å². The SMILES string of the molecule is CCOc1nc(C(CS(C)(=O)=O)n2c(=O)[nH]c3cc(-c4ccc(C)cc4F)cnc32)ccc1OC. The summed E-state index contributed by atoms with van der Waals surface area (Å²) in [5.41, 5.74) is 1.87.